The van der Waals surface area contributed by atoms with Crippen LogP contribution in [0.1, 0.15) is 26.3 Å². The van der Waals surface area contributed by atoms with Gasteiger partial charge >= 0.3 is 5.97 Å². The Hall–Kier alpha value is -2.53. The molecular weight excluding hydrogens is 294 g/mol. The second-order valence-electron chi connectivity index (χ2n) is 4.40. The Morgan fingerprint density at radius 2 is 1.86 bits per heavy atom. The maximum absolute atomic E-state index is 12.2. The molecule has 0 bridgehead atoms. The Kier molecular flexibility index (Phi) is 4.14. The van der Waals surface area contributed by atoms with Crippen molar-refractivity contribution in [1.29, 1.82) is 0 Å². The summed E-state index contributed by atoms with van der Waals surface area (Å²) in [5, 5.41) is 21.5. The van der Waals surface area contributed by atoms with Crippen LogP contribution in [0.2, 0.25) is 5.02 Å². The number of aromatic carboxylic acids is 1. The third-order valence-electron chi connectivity index (χ3n) is 3.01. The summed E-state index contributed by atoms with van der Waals surface area (Å²) >= 11 is 5.75. The minimum absolute atomic E-state index is 0.00258. The molecule has 2 aromatic rings. The van der Waals surface area contributed by atoms with E-state index in [-0.39, 0.29) is 27.6 Å². The number of nitrogens with one attached hydrogen (secondary N) is 1. The lowest BCUT2D eigenvalue weighted by Gasteiger charge is -2.11. The Morgan fingerprint density at radius 3 is 2.52 bits per heavy atom. The molecule has 0 saturated heterocycles. The van der Waals surface area contributed by atoms with E-state index in [4.69, 9.17) is 16.7 Å². The Balaban J connectivity index is 2.36. The normalized spacial score (nSPS) is 10.2. The zero-order valence-electron chi connectivity index (χ0n) is 11.1. The minimum Gasteiger partial charge on any atom is -0.508 e. The molecule has 0 heterocycles. The second kappa shape index (κ2) is 5.85. The van der Waals surface area contributed by atoms with Gasteiger partial charge < -0.3 is 15.5 Å². The van der Waals surface area contributed by atoms with Crippen LogP contribution in [0.3, 0.4) is 0 Å². The first-order valence-corrected chi connectivity index (χ1v) is 6.40. The van der Waals surface area contributed by atoms with E-state index in [9.17, 15) is 14.7 Å². The number of hydrogen-bond acceptors (Lipinski definition) is 3. The molecule has 108 valence electrons. The Bertz CT molecular complexity index is 728. The van der Waals surface area contributed by atoms with E-state index >= 15 is 0 Å². The van der Waals surface area contributed by atoms with E-state index in [0.717, 1.165) is 0 Å². The highest BCUT2D eigenvalue weighted by molar-refractivity contribution is 6.31. The predicted molar refractivity (Wildman–Crippen MR) is 79.2 cm³/mol. The Labute approximate surface area is 125 Å². The molecule has 21 heavy (non-hydrogen) atoms. The van der Waals surface area contributed by atoms with Crippen molar-refractivity contribution in [3.63, 3.8) is 0 Å². The van der Waals surface area contributed by atoms with Crippen molar-refractivity contribution in [3.8, 4) is 5.75 Å². The van der Waals surface area contributed by atoms with Crippen molar-refractivity contribution in [2.24, 2.45) is 0 Å². The molecule has 3 N–H and O–H groups in total. The lowest BCUT2D eigenvalue weighted by molar-refractivity contribution is 0.0698. The second-order valence-corrected chi connectivity index (χ2v) is 4.84. The van der Waals surface area contributed by atoms with Crippen LogP contribution in [0.15, 0.2) is 36.4 Å². The van der Waals surface area contributed by atoms with Crippen LogP contribution in [0.4, 0.5) is 5.69 Å². The quantitative estimate of drug-likeness (QED) is 0.812. The van der Waals surface area contributed by atoms with Crippen molar-refractivity contribution < 1.29 is 19.8 Å². The summed E-state index contributed by atoms with van der Waals surface area (Å²) in [6, 6.07) is 8.71. The van der Waals surface area contributed by atoms with Gasteiger partial charge in [-0.1, -0.05) is 17.7 Å². The van der Waals surface area contributed by atoms with Gasteiger partial charge in [-0.05, 0) is 37.3 Å². The van der Waals surface area contributed by atoms with Crippen molar-refractivity contribution >= 4 is 29.2 Å². The van der Waals surface area contributed by atoms with Gasteiger partial charge in [-0.3, -0.25) is 4.79 Å². The summed E-state index contributed by atoms with van der Waals surface area (Å²) in [5.41, 5.74) is 0.718. The molecule has 6 heteroatoms. The highest BCUT2D eigenvalue weighted by Gasteiger charge is 2.16. The van der Waals surface area contributed by atoms with Gasteiger partial charge in [-0.25, -0.2) is 4.79 Å². The van der Waals surface area contributed by atoms with Crippen molar-refractivity contribution in [3.05, 3.63) is 58.1 Å². The third kappa shape index (κ3) is 3.14. The van der Waals surface area contributed by atoms with Crippen molar-refractivity contribution in [2.75, 3.05) is 5.32 Å². The fraction of sp³-hybridized carbons (Fsp3) is 0.0667. The average molecular weight is 306 g/mol. The maximum Gasteiger partial charge on any atom is 0.337 e. The number of halogens is 1. The molecule has 0 aliphatic carbocycles. The molecule has 0 aliphatic rings. The zero-order chi connectivity index (χ0) is 15.6. The molecule has 0 fully saturated rings. The molecule has 1 amide bonds. The number of carbonyl (C=O) groups excluding carboxylic acids is 1. The van der Waals surface area contributed by atoms with Crippen LogP contribution in [-0.2, 0) is 0 Å². The van der Waals surface area contributed by atoms with Gasteiger partial charge in [0.05, 0.1) is 11.3 Å². The Morgan fingerprint density at radius 1 is 1.14 bits per heavy atom. The summed E-state index contributed by atoms with van der Waals surface area (Å²) in [7, 11) is 0. The number of phenols is 1. The monoisotopic (exact) mass is 305 g/mol. The first-order chi connectivity index (χ1) is 9.90. The van der Waals surface area contributed by atoms with Crippen LogP contribution in [-0.4, -0.2) is 22.1 Å². The van der Waals surface area contributed by atoms with E-state index < -0.39 is 11.9 Å². The number of rotatable bonds is 3. The molecule has 2 aromatic carbocycles. The smallest absolute Gasteiger partial charge is 0.337 e. The number of phenolic OH excluding ortho intramolecular Hbond substituents is 1. The molecule has 0 unspecified atom stereocenters. The number of carboxylic acids is 1. The van der Waals surface area contributed by atoms with Gasteiger partial charge in [0.2, 0.25) is 0 Å². The molecule has 0 aromatic heterocycles. The molecule has 2 rings (SSSR count). The van der Waals surface area contributed by atoms with E-state index in [2.05, 4.69) is 5.32 Å². The summed E-state index contributed by atoms with van der Waals surface area (Å²) in [6.07, 6.45) is 0. The topological polar surface area (TPSA) is 86.6 Å². The first-order valence-electron chi connectivity index (χ1n) is 6.03. The lowest BCUT2D eigenvalue weighted by atomic mass is 10.1. The number of anilines is 1. The lowest BCUT2D eigenvalue weighted by Crippen LogP contribution is -2.16. The van der Waals surface area contributed by atoms with Gasteiger partial charge in [0, 0.05) is 16.1 Å². The van der Waals surface area contributed by atoms with Gasteiger partial charge in [-0.2, -0.15) is 0 Å². The molecular formula is C15H12ClNO4. The van der Waals surface area contributed by atoms with Gasteiger partial charge in [0.1, 0.15) is 5.75 Å². The van der Waals surface area contributed by atoms with Crippen LogP contribution < -0.4 is 5.32 Å². The largest absolute Gasteiger partial charge is 0.508 e. The summed E-state index contributed by atoms with van der Waals surface area (Å²) in [5.74, 6) is -1.70. The third-order valence-corrected chi connectivity index (χ3v) is 3.25. The summed E-state index contributed by atoms with van der Waals surface area (Å²) in [6.45, 7) is 1.60. The standard InChI is InChI=1S/C15H12ClNO4/c1-8-10(3-2-4-13(8)18)14(19)17-12-6-5-9(16)7-11(12)15(20)21/h2-7,18H,1H3,(H,17,19)(H,20,21). The number of carbonyl (C=O) groups is 2. The average Bonchev–Trinajstić information content (AvgIpc) is 2.43. The fourth-order valence-electron chi connectivity index (χ4n) is 1.86. The van der Waals surface area contributed by atoms with Gasteiger partial charge in [-0.15, -0.1) is 0 Å². The number of hydrogen-bond donors (Lipinski definition) is 3. The van der Waals surface area contributed by atoms with Crippen molar-refractivity contribution in [1.82, 2.24) is 0 Å². The van der Waals surface area contributed by atoms with Crippen LogP contribution in [0, 0.1) is 6.92 Å². The minimum atomic E-state index is -1.19. The highest BCUT2D eigenvalue weighted by atomic mass is 35.5. The molecule has 0 spiro atoms. The van der Waals surface area contributed by atoms with Gasteiger partial charge in [0.15, 0.2) is 0 Å². The molecule has 0 atom stereocenters. The highest BCUT2D eigenvalue weighted by Crippen LogP contribution is 2.24. The number of aromatic hydroxyl groups is 1. The maximum atomic E-state index is 12.2. The van der Waals surface area contributed by atoms with Crippen LogP contribution in [0.25, 0.3) is 0 Å². The van der Waals surface area contributed by atoms with Crippen molar-refractivity contribution in [2.45, 2.75) is 6.92 Å². The van der Waals surface area contributed by atoms with Crippen LogP contribution in [0.5, 0.6) is 5.75 Å². The fourth-order valence-corrected chi connectivity index (χ4v) is 2.03. The van der Waals surface area contributed by atoms with E-state index in [1.807, 2.05) is 0 Å². The van der Waals surface area contributed by atoms with Gasteiger partial charge in [0.25, 0.3) is 5.91 Å². The SMILES string of the molecule is Cc1c(O)cccc1C(=O)Nc1ccc(Cl)cc1C(=O)O. The first kappa shape index (κ1) is 14.9. The van der Waals surface area contributed by atoms with Crippen LogP contribution >= 0.6 is 11.6 Å². The molecule has 5 nitrogen and oxygen atoms in total. The van der Waals surface area contributed by atoms with E-state index in [1.165, 1.54) is 30.3 Å². The summed E-state index contributed by atoms with van der Waals surface area (Å²) in [4.78, 5) is 23.4. The summed E-state index contributed by atoms with van der Waals surface area (Å²) < 4.78 is 0. The van der Waals surface area contributed by atoms with E-state index in [0.29, 0.717) is 5.56 Å². The molecule has 0 aliphatic heterocycles. The molecule has 0 saturated carbocycles. The zero-order valence-corrected chi connectivity index (χ0v) is 11.8. The predicted octanol–water partition coefficient (Wildman–Crippen LogP) is 3.30. The molecule has 0 radical (unpaired) electrons. The number of carboxylic acid groups (broad SMARTS) is 1. The number of benzene rings is 2. The van der Waals surface area contributed by atoms with E-state index in [1.54, 1.807) is 13.0 Å². The number of amides is 1.